The van der Waals surface area contributed by atoms with Gasteiger partial charge in [-0.25, -0.2) is 0 Å². The first-order valence-corrected chi connectivity index (χ1v) is 12.1. The summed E-state index contributed by atoms with van der Waals surface area (Å²) in [5.41, 5.74) is 2.10. The van der Waals surface area contributed by atoms with Gasteiger partial charge in [0.25, 0.3) is 11.7 Å². The van der Waals surface area contributed by atoms with Crippen LogP contribution in [0.1, 0.15) is 49.4 Å². The maximum absolute atomic E-state index is 13.2. The van der Waals surface area contributed by atoms with Crippen molar-refractivity contribution in [3.8, 4) is 11.5 Å². The summed E-state index contributed by atoms with van der Waals surface area (Å²) in [7, 11) is 1.58. The Morgan fingerprint density at radius 2 is 1.91 bits per heavy atom. The average molecular weight is 480 g/mol. The van der Waals surface area contributed by atoms with Crippen LogP contribution in [0.2, 0.25) is 0 Å². The molecule has 0 aromatic heterocycles. The van der Waals surface area contributed by atoms with Crippen molar-refractivity contribution in [2.75, 3.05) is 26.9 Å². The lowest BCUT2D eigenvalue weighted by Crippen LogP contribution is -2.36. The number of methoxy groups -OCH3 is 1. The molecular formula is C28H33NO6. The number of benzene rings is 2. The van der Waals surface area contributed by atoms with Gasteiger partial charge in [-0.15, -0.1) is 0 Å². The maximum atomic E-state index is 13.2. The summed E-state index contributed by atoms with van der Waals surface area (Å²) in [6.45, 7) is 7.56. The molecule has 0 spiro atoms. The second-order valence-electron chi connectivity index (χ2n) is 9.54. The van der Waals surface area contributed by atoms with Gasteiger partial charge in [-0.3, -0.25) is 9.59 Å². The summed E-state index contributed by atoms with van der Waals surface area (Å²) < 4.78 is 16.9. The molecule has 35 heavy (non-hydrogen) atoms. The topological polar surface area (TPSA) is 85.3 Å². The zero-order valence-electron chi connectivity index (χ0n) is 20.7. The quantitative estimate of drug-likeness (QED) is 0.337. The number of carbonyl (C=O) groups excluding carboxylic acids is 2. The van der Waals surface area contributed by atoms with Gasteiger partial charge in [0.2, 0.25) is 0 Å². The lowest BCUT2D eigenvalue weighted by Gasteiger charge is -2.27. The third kappa shape index (κ3) is 5.20. The third-order valence-electron chi connectivity index (χ3n) is 6.42. The SMILES string of the molecule is COc1ccc(C2/C(=C(/O)c3ccc(OCC(C)C)c(C)c3)C(=O)C(=O)N2CC2CCCO2)cc1. The predicted octanol–water partition coefficient (Wildman–Crippen LogP) is 4.64. The molecule has 0 radical (unpaired) electrons. The van der Waals surface area contributed by atoms with Gasteiger partial charge in [0.15, 0.2) is 0 Å². The fraction of sp³-hybridized carbons (Fsp3) is 0.429. The Kier molecular flexibility index (Phi) is 7.45. The number of amides is 1. The molecule has 2 heterocycles. The first-order valence-electron chi connectivity index (χ1n) is 12.1. The van der Waals surface area contributed by atoms with Crippen molar-refractivity contribution in [3.63, 3.8) is 0 Å². The third-order valence-corrected chi connectivity index (χ3v) is 6.42. The van der Waals surface area contributed by atoms with Gasteiger partial charge in [-0.1, -0.05) is 26.0 Å². The molecule has 1 N–H and O–H groups in total. The second-order valence-corrected chi connectivity index (χ2v) is 9.54. The first kappa shape index (κ1) is 24.8. The van der Waals surface area contributed by atoms with E-state index in [-0.39, 0.29) is 17.4 Å². The van der Waals surface area contributed by atoms with E-state index in [1.165, 1.54) is 4.90 Å². The highest BCUT2D eigenvalue weighted by Crippen LogP contribution is 2.41. The number of ketones is 1. The standard InChI is InChI=1S/C28H33NO6/c1-17(2)16-35-23-12-9-20(14-18(23)3)26(30)24-25(19-7-10-21(33-4)11-8-19)29(28(32)27(24)31)15-22-6-5-13-34-22/h7-12,14,17,22,25,30H,5-6,13,15-16H2,1-4H3/b26-24-. The highest BCUT2D eigenvalue weighted by Gasteiger charge is 2.47. The summed E-state index contributed by atoms with van der Waals surface area (Å²) in [4.78, 5) is 27.9. The Hall–Kier alpha value is -3.32. The zero-order valence-corrected chi connectivity index (χ0v) is 20.7. The molecule has 186 valence electrons. The summed E-state index contributed by atoms with van der Waals surface area (Å²) in [5.74, 6) is 0.248. The van der Waals surface area contributed by atoms with E-state index in [4.69, 9.17) is 14.2 Å². The average Bonchev–Trinajstić information content (AvgIpc) is 3.45. The number of aliphatic hydroxyl groups excluding tert-OH is 1. The summed E-state index contributed by atoms with van der Waals surface area (Å²) in [6, 6.07) is 11.8. The molecule has 2 aromatic carbocycles. The van der Waals surface area contributed by atoms with Gasteiger partial charge in [0.1, 0.15) is 17.3 Å². The molecule has 0 saturated carbocycles. The smallest absolute Gasteiger partial charge is 0.295 e. The highest BCUT2D eigenvalue weighted by atomic mass is 16.5. The van der Waals surface area contributed by atoms with Crippen molar-refractivity contribution in [2.45, 2.75) is 45.8 Å². The fourth-order valence-electron chi connectivity index (χ4n) is 4.58. The monoisotopic (exact) mass is 479 g/mol. The number of likely N-dealkylation sites (tertiary alicyclic amines) is 1. The molecular weight excluding hydrogens is 446 g/mol. The molecule has 1 amide bonds. The molecule has 2 fully saturated rings. The zero-order chi connectivity index (χ0) is 25.1. The first-order chi connectivity index (χ1) is 16.8. The Morgan fingerprint density at radius 3 is 2.51 bits per heavy atom. The van der Waals surface area contributed by atoms with Crippen molar-refractivity contribution >= 4 is 17.4 Å². The molecule has 7 nitrogen and oxygen atoms in total. The Morgan fingerprint density at radius 1 is 1.17 bits per heavy atom. The van der Waals surface area contributed by atoms with Crippen molar-refractivity contribution < 1.29 is 28.9 Å². The number of hydrogen-bond acceptors (Lipinski definition) is 6. The second kappa shape index (κ2) is 10.5. The van der Waals surface area contributed by atoms with Crippen molar-refractivity contribution in [1.29, 1.82) is 0 Å². The lowest BCUT2D eigenvalue weighted by molar-refractivity contribution is -0.140. The molecule has 2 aliphatic heterocycles. The van der Waals surface area contributed by atoms with Crippen LogP contribution in [0.5, 0.6) is 11.5 Å². The number of rotatable bonds is 8. The van der Waals surface area contributed by atoms with Crippen LogP contribution in [-0.4, -0.2) is 54.7 Å². The largest absolute Gasteiger partial charge is 0.507 e. The van der Waals surface area contributed by atoms with Gasteiger partial charge in [0, 0.05) is 18.7 Å². The molecule has 0 aliphatic carbocycles. The minimum atomic E-state index is -0.720. The van der Waals surface area contributed by atoms with Crippen LogP contribution >= 0.6 is 0 Å². The lowest BCUT2D eigenvalue weighted by atomic mass is 9.94. The van der Waals surface area contributed by atoms with Crippen molar-refractivity contribution in [2.24, 2.45) is 5.92 Å². The van der Waals surface area contributed by atoms with E-state index >= 15 is 0 Å². The number of aliphatic hydroxyl groups is 1. The molecule has 2 saturated heterocycles. The van der Waals surface area contributed by atoms with Crippen LogP contribution in [0, 0.1) is 12.8 Å². The molecule has 7 heteroatoms. The number of nitrogens with zero attached hydrogens (tertiary/aromatic N) is 1. The number of ether oxygens (including phenoxy) is 3. The van der Waals surface area contributed by atoms with Crippen LogP contribution < -0.4 is 9.47 Å². The number of carbonyl (C=O) groups is 2. The summed E-state index contributed by atoms with van der Waals surface area (Å²) in [5, 5.41) is 11.3. The van der Waals surface area contributed by atoms with Gasteiger partial charge < -0.3 is 24.2 Å². The molecule has 2 unspecified atom stereocenters. The molecule has 0 bridgehead atoms. The number of hydrogen-bond donors (Lipinski definition) is 1. The van der Waals surface area contributed by atoms with E-state index in [1.807, 2.05) is 19.1 Å². The van der Waals surface area contributed by atoms with E-state index < -0.39 is 17.7 Å². The minimum absolute atomic E-state index is 0.0772. The number of aryl methyl sites for hydroxylation is 1. The van der Waals surface area contributed by atoms with Gasteiger partial charge in [-0.2, -0.15) is 0 Å². The fourth-order valence-corrected chi connectivity index (χ4v) is 4.58. The van der Waals surface area contributed by atoms with E-state index in [9.17, 15) is 14.7 Å². The summed E-state index contributed by atoms with van der Waals surface area (Å²) >= 11 is 0. The Labute approximate surface area is 206 Å². The normalized spacial score (nSPS) is 21.7. The van der Waals surface area contributed by atoms with Gasteiger partial charge >= 0.3 is 0 Å². The van der Waals surface area contributed by atoms with Gasteiger partial charge in [-0.05, 0) is 67.1 Å². The Balaban J connectivity index is 1.75. The minimum Gasteiger partial charge on any atom is -0.507 e. The Bertz CT molecular complexity index is 1110. The van der Waals surface area contributed by atoms with E-state index in [1.54, 1.807) is 37.4 Å². The van der Waals surface area contributed by atoms with Crippen LogP contribution in [0.15, 0.2) is 48.0 Å². The van der Waals surface area contributed by atoms with Crippen LogP contribution in [-0.2, 0) is 14.3 Å². The van der Waals surface area contributed by atoms with Crippen LogP contribution in [0.25, 0.3) is 5.76 Å². The van der Waals surface area contributed by atoms with Gasteiger partial charge in [0.05, 0.1) is 31.4 Å². The molecule has 4 rings (SSSR count). The molecule has 2 aliphatic rings. The molecule has 2 atom stereocenters. The molecule has 2 aromatic rings. The predicted molar refractivity (Wildman–Crippen MR) is 132 cm³/mol. The maximum Gasteiger partial charge on any atom is 0.295 e. The van der Waals surface area contributed by atoms with E-state index in [2.05, 4.69) is 13.8 Å². The van der Waals surface area contributed by atoms with E-state index in [0.29, 0.717) is 37.0 Å². The van der Waals surface area contributed by atoms with Crippen LogP contribution in [0.3, 0.4) is 0 Å². The van der Waals surface area contributed by atoms with Crippen LogP contribution in [0.4, 0.5) is 0 Å². The summed E-state index contributed by atoms with van der Waals surface area (Å²) in [6.07, 6.45) is 1.62. The highest BCUT2D eigenvalue weighted by molar-refractivity contribution is 6.46. The van der Waals surface area contributed by atoms with Crippen molar-refractivity contribution in [3.05, 3.63) is 64.7 Å². The number of Topliss-reactive ketones (excluding diaryl/α,β-unsaturated/α-hetero) is 1. The van der Waals surface area contributed by atoms with E-state index in [0.717, 1.165) is 29.7 Å². The van der Waals surface area contributed by atoms with Crippen molar-refractivity contribution in [1.82, 2.24) is 4.90 Å².